The van der Waals surface area contributed by atoms with Crippen molar-refractivity contribution < 1.29 is 4.42 Å². The molecule has 2 heteroatoms. The first-order valence-corrected chi connectivity index (χ1v) is 19.1. The SMILES string of the molecule is CC1(C)c2ccccc2-c2cc(N(c3ccc(-c4ccc5cc6c(cc5c4)oc4ccccc46)cc3)c3ccccc3-c3cccc4ccccc34)ccc21. The van der Waals surface area contributed by atoms with Gasteiger partial charge in [0.2, 0.25) is 0 Å². The molecule has 55 heavy (non-hydrogen) atoms. The number of nitrogens with zero attached hydrogens (tertiary/aromatic N) is 1. The lowest BCUT2D eigenvalue weighted by Crippen LogP contribution is -2.15. The smallest absolute Gasteiger partial charge is 0.136 e. The summed E-state index contributed by atoms with van der Waals surface area (Å²) in [5, 5.41) is 7.16. The van der Waals surface area contributed by atoms with Gasteiger partial charge in [-0.3, -0.25) is 0 Å². The summed E-state index contributed by atoms with van der Waals surface area (Å²) in [6.45, 7) is 4.69. The minimum Gasteiger partial charge on any atom is -0.456 e. The van der Waals surface area contributed by atoms with E-state index in [1.54, 1.807) is 0 Å². The molecule has 0 N–H and O–H groups in total. The molecular weight excluding hydrogens is 667 g/mol. The predicted octanol–water partition coefficient (Wildman–Crippen LogP) is 15.0. The van der Waals surface area contributed by atoms with Gasteiger partial charge >= 0.3 is 0 Å². The van der Waals surface area contributed by atoms with Gasteiger partial charge in [0, 0.05) is 33.1 Å². The van der Waals surface area contributed by atoms with Crippen LogP contribution in [0.1, 0.15) is 25.0 Å². The lowest BCUT2D eigenvalue weighted by Gasteiger charge is -2.29. The fourth-order valence-corrected chi connectivity index (χ4v) is 9.08. The van der Waals surface area contributed by atoms with Gasteiger partial charge in [0.25, 0.3) is 0 Å². The fraction of sp³-hybridized carbons (Fsp3) is 0.0566. The summed E-state index contributed by atoms with van der Waals surface area (Å²) in [7, 11) is 0. The molecule has 1 aliphatic rings. The topological polar surface area (TPSA) is 16.4 Å². The Morgan fingerprint density at radius 1 is 0.382 bits per heavy atom. The van der Waals surface area contributed by atoms with Crippen LogP contribution < -0.4 is 4.90 Å². The van der Waals surface area contributed by atoms with Crippen LogP contribution in [0.3, 0.4) is 0 Å². The van der Waals surface area contributed by atoms with E-state index in [0.717, 1.165) is 39.0 Å². The summed E-state index contributed by atoms with van der Waals surface area (Å²) in [4.78, 5) is 2.44. The van der Waals surface area contributed by atoms with Crippen LogP contribution in [0.4, 0.5) is 17.1 Å². The van der Waals surface area contributed by atoms with Crippen LogP contribution in [-0.2, 0) is 5.41 Å². The zero-order valence-electron chi connectivity index (χ0n) is 30.8. The third-order valence-corrected chi connectivity index (χ3v) is 11.8. The number of para-hydroxylation sites is 2. The summed E-state index contributed by atoms with van der Waals surface area (Å²) >= 11 is 0. The Labute approximate surface area is 320 Å². The van der Waals surface area contributed by atoms with Crippen LogP contribution >= 0.6 is 0 Å². The zero-order valence-corrected chi connectivity index (χ0v) is 30.8. The molecule has 10 aromatic rings. The Hall–Kier alpha value is -6.90. The molecule has 11 rings (SSSR count). The first-order chi connectivity index (χ1) is 27.0. The molecule has 0 spiro atoms. The molecule has 1 heterocycles. The second-order valence-corrected chi connectivity index (χ2v) is 15.3. The van der Waals surface area contributed by atoms with Gasteiger partial charge in [-0.05, 0) is 115 Å². The average molecular weight is 704 g/mol. The average Bonchev–Trinajstić information content (AvgIpc) is 3.71. The highest BCUT2D eigenvalue weighted by Crippen LogP contribution is 2.51. The van der Waals surface area contributed by atoms with Gasteiger partial charge in [0.05, 0.1) is 5.69 Å². The van der Waals surface area contributed by atoms with E-state index in [9.17, 15) is 0 Å². The van der Waals surface area contributed by atoms with Crippen molar-refractivity contribution in [2.75, 3.05) is 4.90 Å². The number of benzene rings is 9. The Morgan fingerprint density at radius 3 is 1.95 bits per heavy atom. The monoisotopic (exact) mass is 703 g/mol. The highest BCUT2D eigenvalue weighted by Gasteiger charge is 2.35. The van der Waals surface area contributed by atoms with Crippen molar-refractivity contribution in [2.24, 2.45) is 0 Å². The standard InChI is InChI=1S/C53H37NO/c1-53(2)48-19-8-5-15-43(48)46-33-40(28-29-49(46)53)54(50-20-9-6-16-44(50)42-18-11-13-35-12-3-4-14-41(35)42)39-26-24-34(25-27-39)36-22-23-37-31-47-45-17-7-10-21-51(45)55-52(47)32-38(37)30-36/h3-33H,1-2H3. The molecule has 0 saturated heterocycles. The first kappa shape index (κ1) is 31.6. The maximum Gasteiger partial charge on any atom is 0.136 e. The Morgan fingerprint density at radius 2 is 1.05 bits per heavy atom. The van der Waals surface area contributed by atoms with Crippen molar-refractivity contribution in [3.8, 4) is 33.4 Å². The zero-order chi connectivity index (χ0) is 36.7. The molecule has 1 aliphatic carbocycles. The van der Waals surface area contributed by atoms with Crippen LogP contribution in [0.15, 0.2) is 192 Å². The molecule has 0 aliphatic heterocycles. The molecule has 260 valence electrons. The van der Waals surface area contributed by atoms with Crippen LogP contribution in [0, 0.1) is 0 Å². The number of anilines is 3. The normalized spacial score (nSPS) is 13.1. The van der Waals surface area contributed by atoms with Gasteiger partial charge in [-0.15, -0.1) is 0 Å². The summed E-state index contributed by atoms with van der Waals surface area (Å²) in [6.07, 6.45) is 0. The number of rotatable bonds is 5. The second kappa shape index (κ2) is 12.1. The fourth-order valence-electron chi connectivity index (χ4n) is 9.08. The molecule has 1 aromatic heterocycles. The van der Waals surface area contributed by atoms with Crippen LogP contribution in [0.5, 0.6) is 0 Å². The van der Waals surface area contributed by atoms with Crippen molar-refractivity contribution in [1.82, 2.24) is 0 Å². The molecule has 0 fully saturated rings. The van der Waals surface area contributed by atoms with Crippen molar-refractivity contribution >= 4 is 60.5 Å². The summed E-state index contributed by atoms with van der Waals surface area (Å²) < 4.78 is 6.25. The number of hydrogen-bond donors (Lipinski definition) is 0. The van der Waals surface area contributed by atoms with E-state index < -0.39 is 0 Å². The number of furan rings is 1. The summed E-state index contributed by atoms with van der Waals surface area (Å²) in [6, 6.07) is 68.6. The van der Waals surface area contributed by atoms with Gasteiger partial charge in [0.15, 0.2) is 0 Å². The van der Waals surface area contributed by atoms with Gasteiger partial charge in [-0.25, -0.2) is 0 Å². The summed E-state index contributed by atoms with van der Waals surface area (Å²) in [5.74, 6) is 0. The van der Waals surface area contributed by atoms with Crippen molar-refractivity contribution in [1.29, 1.82) is 0 Å². The number of hydrogen-bond acceptors (Lipinski definition) is 2. The third kappa shape index (κ3) is 4.95. The molecule has 0 atom stereocenters. The quantitative estimate of drug-likeness (QED) is 0.177. The van der Waals surface area contributed by atoms with E-state index in [1.165, 1.54) is 66.1 Å². The van der Waals surface area contributed by atoms with E-state index >= 15 is 0 Å². The van der Waals surface area contributed by atoms with Crippen molar-refractivity contribution in [3.63, 3.8) is 0 Å². The molecule has 0 amide bonds. The Kier molecular flexibility index (Phi) is 6.93. The van der Waals surface area contributed by atoms with Crippen molar-refractivity contribution in [3.05, 3.63) is 199 Å². The largest absolute Gasteiger partial charge is 0.456 e. The lowest BCUT2D eigenvalue weighted by molar-refractivity contribution is 0.660. The highest BCUT2D eigenvalue weighted by molar-refractivity contribution is 6.10. The van der Waals surface area contributed by atoms with Gasteiger partial charge in [-0.2, -0.15) is 0 Å². The number of fused-ring (bicyclic) bond motifs is 8. The molecule has 0 unspecified atom stereocenters. The second-order valence-electron chi connectivity index (χ2n) is 15.3. The van der Waals surface area contributed by atoms with Crippen LogP contribution in [0.2, 0.25) is 0 Å². The van der Waals surface area contributed by atoms with E-state index in [0.29, 0.717) is 0 Å². The maximum atomic E-state index is 6.25. The Bertz CT molecular complexity index is 3120. The van der Waals surface area contributed by atoms with Gasteiger partial charge in [-0.1, -0.05) is 147 Å². The lowest BCUT2D eigenvalue weighted by atomic mass is 9.82. The van der Waals surface area contributed by atoms with Crippen LogP contribution in [-0.4, -0.2) is 0 Å². The predicted molar refractivity (Wildman–Crippen MR) is 232 cm³/mol. The van der Waals surface area contributed by atoms with E-state index in [-0.39, 0.29) is 5.41 Å². The van der Waals surface area contributed by atoms with Gasteiger partial charge < -0.3 is 9.32 Å². The van der Waals surface area contributed by atoms with E-state index in [1.807, 2.05) is 12.1 Å². The third-order valence-electron chi connectivity index (χ3n) is 11.8. The van der Waals surface area contributed by atoms with Crippen molar-refractivity contribution in [2.45, 2.75) is 19.3 Å². The van der Waals surface area contributed by atoms with Gasteiger partial charge in [0.1, 0.15) is 11.2 Å². The summed E-state index contributed by atoms with van der Waals surface area (Å²) in [5.41, 5.74) is 15.3. The first-order valence-electron chi connectivity index (χ1n) is 19.1. The van der Waals surface area contributed by atoms with Crippen LogP contribution in [0.25, 0.3) is 76.9 Å². The minimum absolute atomic E-state index is 0.0617. The highest BCUT2D eigenvalue weighted by atomic mass is 16.3. The Balaban J connectivity index is 1.06. The van der Waals surface area contributed by atoms with E-state index in [4.69, 9.17) is 4.42 Å². The van der Waals surface area contributed by atoms with E-state index in [2.05, 4.69) is 195 Å². The molecule has 2 nitrogen and oxygen atoms in total. The molecule has 0 bridgehead atoms. The molecule has 0 saturated carbocycles. The molecular formula is C53H37NO. The molecule has 0 radical (unpaired) electrons. The maximum absolute atomic E-state index is 6.25. The molecule has 9 aromatic carbocycles. The minimum atomic E-state index is -0.0617.